The molecule has 2 N–H and O–H groups in total. The Balaban J connectivity index is 1.60. The fourth-order valence-corrected chi connectivity index (χ4v) is 4.70. The highest BCUT2D eigenvalue weighted by molar-refractivity contribution is 7.09. The Morgan fingerprint density at radius 3 is 2.90 bits per heavy atom. The van der Waals surface area contributed by atoms with Crippen molar-refractivity contribution in [1.29, 1.82) is 0 Å². The second-order valence-corrected chi connectivity index (χ2v) is 8.76. The number of rotatable bonds is 9. The van der Waals surface area contributed by atoms with Gasteiger partial charge in [0.25, 0.3) is 0 Å². The summed E-state index contributed by atoms with van der Waals surface area (Å²) in [4.78, 5) is 25.6. The highest BCUT2D eigenvalue weighted by atomic mass is 32.1. The number of methoxy groups -OCH3 is 1. The summed E-state index contributed by atoms with van der Waals surface area (Å²) >= 11 is 1.68. The van der Waals surface area contributed by atoms with E-state index in [1.165, 1.54) is 18.1 Å². The summed E-state index contributed by atoms with van der Waals surface area (Å²) in [7, 11) is 1.43. The summed E-state index contributed by atoms with van der Waals surface area (Å²) < 4.78 is 18.8. The molecule has 1 aromatic carbocycles. The summed E-state index contributed by atoms with van der Waals surface area (Å²) in [5.74, 6) is -0.265. The van der Waals surface area contributed by atoms with Crippen molar-refractivity contribution in [3.05, 3.63) is 52.0 Å². The molecular formula is C22H27FN2O3S. The van der Waals surface area contributed by atoms with Crippen LogP contribution < -0.4 is 15.4 Å². The number of amides is 2. The minimum atomic E-state index is -0.492. The lowest BCUT2D eigenvalue weighted by Gasteiger charge is -2.29. The number of carbonyl (C=O) groups is 2. The van der Waals surface area contributed by atoms with Gasteiger partial charge >= 0.3 is 0 Å². The molecule has 0 bridgehead atoms. The molecule has 0 spiro atoms. The zero-order chi connectivity index (χ0) is 20.9. The van der Waals surface area contributed by atoms with Crippen molar-refractivity contribution in [3.63, 3.8) is 0 Å². The number of hydrogen-bond donors (Lipinski definition) is 2. The lowest BCUT2D eigenvalue weighted by Crippen LogP contribution is -2.45. The van der Waals surface area contributed by atoms with Crippen LogP contribution in [0.15, 0.2) is 35.7 Å². The Bertz CT molecular complexity index is 856. The van der Waals surface area contributed by atoms with Crippen LogP contribution in [0.5, 0.6) is 5.75 Å². The smallest absolute Gasteiger partial charge is 0.220 e. The van der Waals surface area contributed by atoms with E-state index in [1.54, 1.807) is 23.5 Å². The van der Waals surface area contributed by atoms with Crippen molar-refractivity contribution in [1.82, 2.24) is 10.6 Å². The highest BCUT2D eigenvalue weighted by Crippen LogP contribution is 2.31. The Kier molecular flexibility index (Phi) is 6.90. The third-order valence-corrected chi connectivity index (χ3v) is 6.22. The third kappa shape index (κ3) is 5.79. The van der Waals surface area contributed by atoms with Crippen LogP contribution in [-0.4, -0.2) is 30.5 Å². The second kappa shape index (κ2) is 9.39. The molecule has 1 aliphatic rings. The van der Waals surface area contributed by atoms with Gasteiger partial charge in [-0.25, -0.2) is 4.39 Å². The van der Waals surface area contributed by atoms with Crippen LogP contribution in [0.2, 0.25) is 0 Å². The van der Waals surface area contributed by atoms with E-state index in [0.29, 0.717) is 32.1 Å². The van der Waals surface area contributed by atoms with Gasteiger partial charge in [-0.3, -0.25) is 9.59 Å². The molecule has 1 aromatic heterocycles. The third-order valence-electron chi connectivity index (χ3n) is 5.32. The minimum absolute atomic E-state index is 0.00875. The van der Waals surface area contributed by atoms with E-state index in [0.717, 1.165) is 12.0 Å². The van der Waals surface area contributed by atoms with E-state index in [-0.39, 0.29) is 23.6 Å². The molecule has 2 atom stereocenters. The van der Waals surface area contributed by atoms with Crippen molar-refractivity contribution in [2.45, 2.75) is 57.0 Å². The number of nitrogens with one attached hydrogen (secondary N) is 2. The van der Waals surface area contributed by atoms with Crippen molar-refractivity contribution in [3.8, 4) is 5.75 Å². The molecule has 1 saturated heterocycles. The Morgan fingerprint density at radius 1 is 1.41 bits per heavy atom. The molecule has 5 nitrogen and oxygen atoms in total. The Hall–Kier alpha value is -2.41. The molecule has 1 fully saturated rings. The average Bonchev–Trinajstić information content (AvgIpc) is 3.32. The van der Waals surface area contributed by atoms with Crippen LogP contribution in [0.25, 0.3) is 0 Å². The van der Waals surface area contributed by atoms with Gasteiger partial charge in [-0.2, -0.15) is 0 Å². The fraction of sp³-hybridized carbons (Fsp3) is 0.455. The molecule has 0 saturated carbocycles. The standard InChI is InChI=1S/C22H27FN2O3S/c1-15(12-17-4-3-11-29-17)24-20(26)7-9-22(10-8-21(27)25-22)14-16-5-6-18(23)19(13-16)28-2/h3-6,11,13,15H,7-10,12,14H2,1-2H3,(H,24,26)(H,25,27). The second-order valence-electron chi connectivity index (χ2n) is 7.73. The summed E-state index contributed by atoms with van der Waals surface area (Å²) in [6, 6.07) is 8.85. The van der Waals surface area contributed by atoms with Crippen LogP contribution >= 0.6 is 11.3 Å². The molecule has 1 aliphatic heterocycles. The molecule has 0 radical (unpaired) electrons. The molecular weight excluding hydrogens is 391 g/mol. The number of carbonyl (C=O) groups excluding carboxylic acids is 2. The predicted octanol–water partition coefficient (Wildman–Crippen LogP) is 3.61. The van der Waals surface area contributed by atoms with Crippen LogP contribution in [0.4, 0.5) is 4.39 Å². The molecule has 2 aromatic rings. The Morgan fingerprint density at radius 2 is 2.24 bits per heavy atom. The van der Waals surface area contributed by atoms with Gasteiger partial charge in [-0.1, -0.05) is 12.1 Å². The maximum Gasteiger partial charge on any atom is 0.220 e. The maximum absolute atomic E-state index is 13.7. The first-order valence-electron chi connectivity index (χ1n) is 9.84. The summed E-state index contributed by atoms with van der Waals surface area (Å²) in [5, 5.41) is 8.14. The molecule has 2 heterocycles. The quantitative estimate of drug-likeness (QED) is 0.654. The van der Waals surface area contributed by atoms with E-state index in [4.69, 9.17) is 4.74 Å². The van der Waals surface area contributed by atoms with Gasteiger partial charge in [0.2, 0.25) is 11.8 Å². The maximum atomic E-state index is 13.7. The van der Waals surface area contributed by atoms with Gasteiger partial charge < -0.3 is 15.4 Å². The van der Waals surface area contributed by atoms with E-state index in [2.05, 4.69) is 16.7 Å². The minimum Gasteiger partial charge on any atom is -0.494 e. The molecule has 2 unspecified atom stereocenters. The number of ether oxygens (including phenoxy) is 1. The lowest BCUT2D eigenvalue weighted by molar-refractivity contribution is -0.123. The number of thiophene rings is 1. The van der Waals surface area contributed by atoms with Gasteiger partial charge in [-0.15, -0.1) is 11.3 Å². The SMILES string of the molecule is COc1cc(CC2(CCC(=O)NC(C)Cc3cccs3)CCC(=O)N2)ccc1F. The van der Waals surface area contributed by atoms with Crippen molar-refractivity contribution >= 4 is 23.2 Å². The first-order chi connectivity index (χ1) is 13.9. The van der Waals surface area contributed by atoms with E-state index in [1.807, 2.05) is 18.4 Å². The van der Waals surface area contributed by atoms with Gasteiger partial charge in [-0.05, 0) is 55.3 Å². The van der Waals surface area contributed by atoms with Gasteiger partial charge in [0, 0.05) is 35.7 Å². The summed E-state index contributed by atoms with van der Waals surface area (Å²) in [5.41, 5.74) is 0.380. The number of benzene rings is 1. The van der Waals surface area contributed by atoms with Crippen LogP contribution in [0.1, 0.15) is 43.0 Å². The first kappa shape index (κ1) is 21.3. The van der Waals surface area contributed by atoms with E-state index in [9.17, 15) is 14.0 Å². The van der Waals surface area contributed by atoms with Crippen LogP contribution in [0, 0.1) is 5.82 Å². The molecule has 2 amide bonds. The topological polar surface area (TPSA) is 67.4 Å². The van der Waals surface area contributed by atoms with Crippen molar-refractivity contribution in [2.24, 2.45) is 0 Å². The molecule has 156 valence electrons. The summed E-state index contributed by atoms with van der Waals surface area (Å²) in [6.07, 6.45) is 3.30. The number of hydrogen-bond acceptors (Lipinski definition) is 4. The molecule has 29 heavy (non-hydrogen) atoms. The molecule has 3 rings (SSSR count). The largest absolute Gasteiger partial charge is 0.494 e. The first-order valence-corrected chi connectivity index (χ1v) is 10.7. The monoisotopic (exact) mass is 418 g/mol. The average molecular weight is 419 g/mol. The molecule has 7 heteroatoms. The van der Waals surface area contributed by atoms with Gasteiger partial charge in [0.1, 0.15) is 0 Å². The van der Waals surface area contributed by atoms with E-state index >= 15 is 0 Å². The summed E-state index contributed by atoms with van der Waals surface area (Å²) in [6.45, 7) is 2.00. The lowest BCUT2D eigenvalue weighted by atomic mass is 9.85. The van der Waals surface area contributed by atoms with Gasteiger partial charge in [0.05, 0.1) is 7.11 Å². The Labute approximate surface area is 174 Å². The fourth-order valence-electron chi connectivity index (χ4n) is 3.87. The van der Waals surface area contributed by atoms with Gasteiger partial charge in [0.15, 0.2) is 11.6 Å². The zero-order valence-corrected chi connectivity index (χ0v) is 17.6. The predicted molar refractivity (Wildman–Crippen MR) is 112 cm³/mol. The van der Waals surface area contributed by atoms with Crippen molar-refractivity contribution in [2.75, 3.05) is 7.11 Å². The van der Waals surface area contributed by atoms with Crippen molar-refractivity contribution < 1.29 is 18.7 Å². The van der Waals surface area contributed by atoms with E-state index < -0.39 is 11.4 Å². The normalized spacial score (nSPS) is 19.6. The highest BCUT2D eigenvalue weighted by Gasteiger charge is 2.38. The number of halogens is 1. The zero-order valence-electron chi connectivity index (χ0n) is 16.8. The molecule has 0 aliphatic carbocycles. The van der Waals surface area contributed by atoms with Crippen LogP contribution in [-0.2, 0) is 22.4 Å². The van der Waals surface area contributed by atoms with Crippen LogP contribution in [0.3, 0.4) is 0 Å².